The fraction of sp³-hybridized carbons (Fsp3) is 0.800. The van der Waals surface area contributed by atoms with Crippen LogP contribution in [0.1, 0.15) is 34.1 Å². The highest BCUT2D eigenvalue weighted by Gasteiger charge is 2.26. The predicted octanol–water partition coefficient (Wildman–Crippen LogP) is 0.411. The minimum atomic E-state index is -0.219. The summed E-state index contributed by atoms with van der Waals surface area (Å²) in [6.07, 6.45) is 1.34. The van der Waals surface area contributed by atoms with E-state index in [1.165, 1.54) is 0 Å². The molecule has 0 aliphatic carbocycles. The molecule has 0 bridgehead atoms. The number of rotatable bonds is 4. The molecule has 90 valence electrons. The molecule has 0 aliphatic rings. The minimum absolute atomic E-state index is 0.131. The molecule has 0 aromatic rings. The first-order chi connectivity index (χ1) is 6.81. The molecule has 15 heavy (non-hydrogen) atoms. The zero-order valence-electron chi connectivity index (χ0n) is 10.3. The Balaban J connectivity index is 0. The van der Waals surface area contributed by atoms with E-state index in [-0.39, 0.29) is 11.3 Å². The Kier molecular flexibility index (Phi) is 8.96. The lowest BCUT2D eigenvalue weighted by Gasteiger charge is -2.24. The Morgan fingerprint density at radius 2 is 1.87 bits per heavy atom. The number of hydrogen-bond donors (Lipinski definition) is 3. The van der Waals surface area contributed by atoms with E-state index in [9.17, 15) is 4.79 Å². The van der Waals surface area contributed by atoms with E-state index in [4.69, 9.17) is 4.79 Å². The van der Waals surface area contributed by atoms with E-state index in [1.54, 1.807) is 12.5 Å². The summed E-state index contributed by atoms with van der Waals surface area (Å²) in [6, 6.07) is 0. The average Bonchev–Trinajstić information content (AvgIpc) is 2.15. The van der Waals surface area contributed by atoms with Crippen molar-refractivity contribution < 1.29 is 9.59 Å². The van der Waals surface area contributed by atoms with Crippen molar-refractivity contribution in [3.05, 3.63) is 0 Å². The fourth-order valence-corrected chi connectivity index (χ4v) is 1.45. The monoisotopic (exact) mass is 217 g/mol. The number of nitrogens with one attached hydrogen (secondary N) is 2. The molecule has 0 aromatic carbocycles. The van der Waals surface area contributed by atoms with Crippen LogP contribution in [0.4, 0.5) is 0 Å². The van der Waals surface area contributed by atoms with Gasteiger partial charge < -0.3 is 5.32 Å². The quantitative estimate of drug-likeness (QED) is 0.276. The van der Waals surface area contributed by atoms with Crippen LogP contribution in [0.15, 0.2) is 0 Å². The molecule has 0 unspecified atom stereocenters. The Hall–Kier alpha value is -1.10. The highest BCUT2D eigenvalue weighted by atomic mass is 16.2. The molecule has 2 amide bonds. The Bertz CT molecular complexity index is 191. The van der Waals surface area contributed by atoms with Gasteiger partial charge in [-0.25, -0.2) is 5.84 Å². The van der Waals surface area contributed by atoms with Gasteiger partial charge >= 0.3 is 0 Å². The van der Waals surface area contributed by atoms with Gasteiger partial charge in [0.25, 0.3) is 0 Å². The molecular formula is C10H23N3O2. The standard InChI is InChI=1S/C9H19NO.CH4N2O/c1-7(2)6-9(3,4)8(11)10-5;2-3-1-4/h7H,6H2,1-5H3,(H,10,11);1H,2H2,(H,3,4). The van der Waals surface area contributed by atoms with Gasteiger partial charge in [0.2, 0.25) is 12.3 Å². The molecule has 0 spiro atoms. The molecule has 4 N–H and O–H groups in total. The summed E-state index contributed by atoms with van der Waals surface area (Å²) in [5.74, 6) is 5.11. The van der Waals surface area contributed by atoms with Gasteiger partial charge in [-0.05, 0) is 12.3 Å². The number of hydrazine groups is 1. The van der Waals surface area contributed by atoms with Crippen molar-refractivity contribution in [3.63, 3.8) is 0 Å². The molecule has 0 saturated carbocycles. The van der Waals surface area contributed by atoms with Gasteiger partial charge in [-0.15, -0.1) is 0 Å². The SMILES string of the molecule is CNC(=O)C(C)(C)CC(C)C.NNC=O. The zero-order valence-corrected chi connectivity index (χ0v) is 10.3. The lowest BCUT2D eigenvalue weighted by atomic mass is 9.83. The predicted molar refractivity (Wildman–Crippen MR) is 60.7 cm³/mol. The van der Waals surface area contributed by atoms with Crippen molar-refractivity contribution in [2.75, 3.05) is 7.05 Å². The number of nitrogens with two attached hydrogens (primary N) is 1. The number of hydrogen-bond acceptors (Lipinski definition) is 3. The largest absolute Gasteiger partial charge is 0.359 e. The Morgan fingerprint density at radius 3 is 2.07 bits per heavy atom. The van der Waals surface area contributed by atoms with Crippen LogP contribution in [0.25, 0.3) is 0 Å². The van der Waals surface area contributed by atoms with Gasteiger partial charge in [0.15, 0.2) is 0 Å². The van der Waals surface area contributed by atoms with Gasteiger partial charge in [0, 0.05) is 12.5 Å². The maximum absolute atomic E-state index is 11.3. The van der Waals surface area contributed by atoms with E-state index < -0.39 is 0 Å². The van der Waals surface area contributed by atoms with Gasteiger partial charge in [-0.3, -0.25) is 15.0 Å². The molecule has 5 heteroatoms. The molecule has 0 atom stereocenters. The molecule has 5 nitrogen and oxygen atoms in total. The Morgan fingerprint density at radius 1 is 1.47 bits per heavy atom. The van der Waals surface area contributed by atoms with Crippen LogP contribution in [0.2, 0.25) is 0 Å². The van der Waals surface area contributed by atoms with Crippen LogP contribution < -0.4 is 16.6 Å². The van der Waals surface area contributed by atoms with E-state index in [2.05, 4.69) is 25.0 Å². The van der Waals surface area contributed by atoms with Gasteiger partial charge in [-0.1, -0.05) is 27.7 Å². The normalized spacial score (nSPS) is 10.1. The smallest absolute Gasteiger partial charge is 0.225 e. The lowest BCUT2D eigenvalue weighted by Crippen LogP contribution is -2.35. The van der Waals surface area contributed by atoms with Crippen LogP contribution >= 0.6 is 0 Å². The van der Waals surface area contributed by atoms with Crippen LogP contribution in [-0.2, 0) is 9.59 Å². The van der Waals surface area contributed by atoms with E-state index in [0.29, 0.717) is 12.3 Å². The van der Waals surface area contributed by atoms with Gasteiger partial charge in [-0.2, -0.15) is 0 Å². The van der Waals surface area contributed by atoms with E-state index >= 15 is 0 Å². The molecule has 0 radical (unpaired) electrons. The average molecular weight is 217 g/mol. The molecule has 0 fully saturated rings. The Labute approximate surface area is 91.8 Å². The second-order valence-electron chi connectivity index (χ2n) is 4.35. The van der Waals surface area contributed by atoms with Crippen LogP contribution in [0.3, 0.4) is 0 Å². The van der Waals surface area contributed by atoms with E-state index in [0.717, 1.165) is 6.42 Å². The van der Waals surface area contributed by atoms with Gasteiger partial charge in [0.05, 0.1) is 0 Å². The zero-order chi connectivity index (χ0) is 12.5. The number of amides is 2. The number of carbonyl (C=O) groups is 2. The number of carbonyl (C=O) groups excluding carboxylic acids is 2. The third kappa shape index (κ3) is 9.21. The molecule has 0 rings (SSSR count). The van der Waals surface area contributed by atoms with E-state index in [1.807, 2.05) is 13.8 Å². The highest BCUT2D eigenvalue weighted by Crippen LogP contribution is 2.24. The summed E-state index contributed by atoms with van der Waals surface area (Å²) in [5, 5.41) is 2.67. The first-order valence-corrected chi connectivity index (χ1v) is 4.93. The first kappa shape index (κ1) is 16.3. The lowest BCUT2D eigenvalue weighted by molar-refractivity contribution is -0.129. The second kappa shape index (κ2) is 8.23. The van der Waals surface area contributed by atoms with Crippen molar-refractivity contribution in [1.29, 1.82) is 0 Å². The minimum Gasteiger partial charge on any atom is -0.359 e. The molecule has 0 aromatic heterocycles. The fourth-order valence-electron chi connectivity index (χ4n) is 1.45. The molecule has 0 saturated heterocycles. The third-order valence-electron chi connectivity index (χ3n) is 1.83. The van der Waals surface area contributed by atoms with Crippen molar-refractivity contribution in [3.8, 4) is 0 Å². The maximum atomic E-state index is 11.3. The summed E-state index contributed by atoms with van der Waals surface area (Å²) >= 11 is 0. The van der Waals surface area contributed by atoms with Crippen molar-refractivity contribution in [2.45, 2.75) is 34.1 Å². The van der Waals surface area contributed by atoms with Crippen molar-refractivity contribution >= 4 is 12.3 Å². The van der Waals surface area contributed by atoms with Crippen LogP contribution in [0, 0.1) is 11.3 Å². The van der Waals surface area contributed by atoms with Crippen molar-refractivity contribution in [2.24, 2.45) is 17.2 Å². The summed E-state index contributed by atoms with van der Waals surface area (Å²) in [4.78, 5) is 20.2. The third-order valence-corrected chi connectivity index (χ3v) is 1.83. The summed E-state index contributed by atoms with van der Waals surface area (Å²) < 4.78 is 0. The summed E-state index contributed by atoms with van der Waals surface area (Å²) in [5.41, 5.74) is 1.53. The molecule has 0 heterocycles. The van der Waals surface area contributed by atoms with Crippen molar-refractivity contribution in [1.82, 2.24) is 10.7 Å². The summed E-state index contributed by atoms with van der Waals surface area (Å²) in [6.45, 7) is 8.22. The second-order valence-corrected chi connectivity index (χ2v) is 4.35. The van der Waals surface area contributed by atoms with Gasteiger partial charge in [0.1, 0.15) is 0 Å². The van der Waals surface area contributed by atoms with Crippen LogP contribution in [0.5, 0.6) is 0 Å². The summed E-state index contributed by atoms with van der Waals surface area (Å²) in [7, 11) is 1.68. The first-order valence-electron chi connectivity index (χ1n) is 4.93. The topological polar surface area (TPSA) is 84.2 Å². The molecule has 0 aliphatic heterocycles. The maximum Gasteiger partial charge on any atom is 0.225 e. The van der Waals surface area contributed by atoms with Crippen LogP contribution in [-0.4, -0.2) is 19.4 Å². The molecular weight excluding hydrogens is 194 g/mol. The highest BCUT2D eigenvalue weighted by molar-refractivity contribution is 5.81.